The lowest BCUT2D eigenvalue weighted by Gasteiger charge is -2.14. The molecule has 3 aromatic rings. The van der Waals surface area contributed by atoms with Crippen LogP contribution in [0.15, 0.2) is 48.7 Å². The monoisotopic (exact) mass is 343 g/mol. The summed E-state index contributed by atoms with van der Waals surface area (Å²) >= 11 is 5.98. The predicted octanol–water partition coefficient (Wildman–Crippen LogP) is 3.34. The second-order valence-corrected chi connectivity index (χ2v) is 5.94. The van der Waals surface area contributed by atoms with E-state index in [2.05, 4.69) is 10.3 Å². The van der Waals surface area contributed by atoms with Crippen molar-refractivity contribution >= 4 is 34.1 Å². The molecule has 0 saturated carbocycles. The Morgan fingerprint density at radius 2 is 2.12 bits per heavy atom. The van der Waals surface area contributed by atoms with E-state index in [-0.39, 0.29) is 5.91 Å². The average molecular weight is 344 g/mol. The summed E-state index contributed by atoms with van der Waals surface area (Å²) in [6.07, 6.45) is 2.32. The first-order valence-corrected chi connectivity index (χ1v) is 7.91. The minimum absolute atomic E-state index is 0.291. The lowest BCUT2D eigenvalue weighted by atomic mass is 10.0. The fourth-order valence-corrected chi connectivity index (χ4v) is 2.81. The molecule has 5 nitrogen and oxygen atoms in total. The van der Waals surface area contributed by atoms with Crippen LogP contribution in [-0.4, -0.2) is 24.0 Å². The molecule has 0 aliphatic heterocycles. The van der Waals surface area contributed by atoms with Gasteiger partial charge in [-0.3, -0.25) is 4.79 Å². The van der Waals surface area contributed by atoms with Crippen molar-refractivity contribution in [3.8, 4) is 5.75 Å². The number of aromatic nitrogens is 1. The van der Waals surface area contributed by atoms with Crippen LogP contribution in [0.2, 0.25) is 5.02 Å². The molecule has 1 atom stereocenters. The zero-order chi connectivity index (χ0) is 17.1. The SMILES string of the molecule is COc1ccc(Cl)cc1NC(=O)[C@@H](N)Cc1c[nH]c2ccccc12. The van der Waals surface area contributed by atoms with Crippen LogP contribution in [0.4, 0.5) is 5.69 Å². The number of amides is 1. The van der Waals surface area contributed by atoms with Gasteiger partial charge in [-0.2, -0.15) is 0 Å². The molecular weight excluding hydrogens is 326 g/mol. The molecular formula is C18H18ClN3O2. The summed E-state index contributed by atoms with van der Waals surface area (Å²) in [7, 11) is 1.53. The number of methoxy groups -OCH3 is 1. The number of hydrogen-bond acceptors (Lipinski definition) is 3. The molecule has 4 N–H and O–H groups in total. The maximum absolute atomic E-state index is 12.4. The number of rotatable bonds is 5. The summed E-state index contributed by atoms with van der Waals surface area (Å²) in [4.78, 5) is 15.6. The molecule has 0 saturated heterocycles. The third-order valence-corrected chi connectivity index (χ3v) is 4.11. The van der Waals surface area contributed by atoms with Crippen molar-refractivity contribution in [1.29, 1.82) is 0 Å². The number of ether oxygens (including phenoxy) is 1. The number of halogens is 1. The molecule has 0 radical (unpaired) electrons. The van der Waals surface area contributed by atoms with E-state index in [9.17, 15) is 4.79 Å². The zero-order valence-corrected chi connectivity index (χ0v) is 13.9. The third-order valence-electron chi connectivity index (χ3n) is 3.87. The maximum atomic E-state index is 12.4. The van der Waals surface area contributed by atoms with Crippen LogP contribution < -0.4 is 15.8 Å². The number of para-hydroxylation sites is 1. The van der Waals surface area contributed by atoms with Crippen LogP contribution in [0, 0.1) is 0 Å². The molecule has 24 heavy (non-hydrogen) atoms. The van der Waals surface area contributed by atoms with Gasteiger partial charge >= 0.3 is 0 Å². The molecule has 2 aromatic carbocycles. The fourth-order valence-electron chi connectivity index (χ4n) is 2.63. The fraction of sp³-hybridized carbons (Fsp3) is 0.167. The molecule has 6 heteroatoms. The summed E-state index contributed by atoms with van der Waals surface area (Å²) < 4.78 is 5.23. The van der Waals surface area contributed by atoms with Gasteiger partial charge in [-0.1, -0.05) is 29.8 Å². The average Bonchev–Trinajstić information content (AvgIpc) is 2.98. The second kappa shape index (κ2) is 6.95. The second-order valence-electron chi connectivity index (χ2n) is 5.50. The van der Waals surface area contributed by atoms with Crippen molar-refractivity contribution in [1.82, 2.24) is 4.98 Å². The van der Waals surface area contributed by atoms with Crippen LogP contribution in [-0.2, 0) is 11.2 Å². The van der Waals surface area contributed by atoms with E-state index in [0.29, 0.717) is 22.9 Å². The lowest BCUT2D eigenvalue weighted by Crippen LogP contribution is -2.37. The summed E-state index contributed by atoms with van der Waals surface area (Å²) in [6, 6.07) is 12.3. The Balaban J connectivity index is 1.74. The smallest absolute Gasteiger partial charge is 0.241 e. The quantitative estimate of drug-likeness (QED) is 0.664. The van der Waals surface area contributed by atoms with Crippen molar-refractivity contribution in [2.75, 3.05) is 12.4 Å². The molecule has 0 spiro atoms. The molecule has 0 fully saturated rings. The van der Waals surface area contributed by atoms with Gasteiger partial charge in [0.05, 0.1) is 18.8 Å². The van der Waals surface area contributed by atoms with Crippen LogP contribution in [0.3, 0.4) is 0 Å². The Labute approximate surface area is 144 Å². The summed E-state index contributed by atoms with van der Waals surface area (Å²) in [5.74, 6) is 0.243. The van der Waals surface area contributed by atoms with Gasteiger partial charge in [0, 0.05) is 22.1 Å². The molecule has 1 amide bonds. The van der Waals surface area contributed by atoms with Crippen molar-refractivity contribution in [3.63, 3.8) is 0 Å². The van der Waals surface area contributed by atoms with Gasteiger partial charge in [-0.15, -0.1) is 0 Å². The zero-order valence-electron chi connectivity index (χ0n) is 13.2. The van der Waals surface area contributed by atoms with Gasteiger partial charge in [-0.25, -0.2) is 0 Å². The topological polar surface area (TPSA) is 80.1 Å². The minimum atomic E-state index is -0.687. The lowest BCUT2D eigenvalue weighted by molar-refractivity contribution is -0.117. The minimum Gasteiger partial charge on any atom is -0.495 e. The highest BCUT2D eigenvalue weighted by atomic mass is 35.5. The first kappa shape index (κ1) is 16.4. The maximum Gasteiger partial charge on any atom is 0.241 e. The Morgan fingerprint density at radius 3 is 2.92 bits per heavy atom. The Bertz CT molecular complexity index is 876. The van der Waals surface area contributed by atoms with Crippen LogP contribution >= 0.6 is 11.6 Å². The van der Waals surface area contributed by atoms with E-state index >= 15 is 0 Å². The van der Waals surface area contributed by atoms with Crippen LogP contribution in [0.5, 0.6) is 5.75 Å². The molecule has 0 aliphatic carbocycles. The number of hydrogen-bond donors (Lipinski definition) is 3. The number of carbonyl (C=O) groups is 1. The summed E-state index contributed by atoms with van der Waals surface area (Å²) in [5.41, 5.74) is 8.61. The van der Waals surface area contributed by atoms with Crippen molar-refractivity contribution in [2.24, 2.45) is 5.73 Å². The number of benzene rings is 2. The summed E-state index contributed by atoms with van der Waals surface area (Å²) in [6.45, 7) is 0. The van der Waals surface area contributed by atoms with Gasteiger partial charge in [0.15, 0.2) is 0 Å². The Kier molecular flexibility index (Phi) is 4.74. The number of nitrogens with one attached hydrogen (secondary N) is 2. The number of carbonyl (C=O) groups excluding carboxylic acids is 1. The number of anilines is 1. The molecule has 3 rings (SSSR count). The Morgan fingerprint density at radius 1 is 1.33 bits per heavy atom. The number of fused-ring (bicyclic) bond motifs is 1. The van der Waals surface area contributed by atoms with E-state index in [0.717, 1.165) is 16.5 Å². The van der Waals surface area contributed by atoms with Crippen molar-refractivity contribution in [2.45, 2.75) is 12.5 Å². The molecule has 1 heterocycles. The number of H-pyrrole nitrogens is 1. The highest BCUT2D eigenvalue weighted by Crippen LogP contribution is 2.28. The van der Waals surface area contributed by atoms with Crippen molar-refractivity contribution < 1.29 is 9.53 Å². The molecule has 0 bridgehead atoms. The van der Waals surface area contributed by atoms with Gasteiger partial charge in [0.1, 0.15) is 5.75 Å². The van der Waals surface area contributed by atoms with Gasteiger partial charge in [-0.05, 0) is 36.2 Å². The van der Waals surface area contributed by atoms with E-state index in [4.69, 9.17) is 22.1 Å². The van der Waals surface area contributed by atoms with Crippen molar-refractivity contribution in [3.05, 3.63) is 59.2 Å². The highest BCUT2D eigenvalue weighted by molar-refractivity contribution is 6.31. The number of aromatic amines is 1. The molecule has 0 aliphatic rings. The van der Waals surface area contributed by atoms with E-state index in [1.54, 1.807) is 18.2 Å². The van der Waals surface area contributed by atoms with Gasteiger partial charge in [0.25, 0.3) is 0 Å². The predicted molar refractivity (Wildman–Crippen MR) is 96.6 cm³/mol. The standard InChI is InChI=1S/C18H18ClN3O2/c1-24-17-7-6-12(19)9-16(17)22-18(23)14(20)8-11-10-21-15-5-3-2-4-13(11)15/h2-7,9-10,14,21H,8,20H2,1H3,(H,22,23)/t14-/m0/s1. The number of nitrogens with two attached hydrogens (primary N) is 1. The van der Waals surface area contributed by atoms with Crippen LogP contribution in [0.25, 0.3) is 10.9 Å². The van der Waals surface area contributed by atoms with Crippen LogP contribution in [0.1, 0.15) is 5.56 Å². The van der Waals surface area contributed by atoms with Gasteiger partial charge in [0.2, 0.25) is 5.91 Å². The van der Waals surface area contributed by atoms with E-state index < -0.39 is 6.04 Å². The van der Waals surface area contributed by atoms with E-state index in [1.165, 1.54) is 7.11 Å². The van der Waals surface area contributed by atoms with E-state index in [1.807, 2.05) is 30.5 Å². The Hall–Kier alpha value is -2.50. The normalized spacial score (nSPS) is 12.1. The van der Waals surface area contributed by atoms with Gasteiger partial charge < -0.3 is 20.8 Å². The summed E-state index contributed by atoms with van der Waals surface area (Å²) in [5, 5.41) is 4.36. The largest absolute Gasteiger partial charge is 0.495 e. The first-order chi connectivity index (χ1) is 11.6. The highest BCUT2D eigenvalue weighted by Gasteiger charge is 2.18. The molecule has 0 unspecified atom stereocenters. The third kappa shape index (κ3) is 3.37. The molecule has 124 valence electrons. The first-order valence-electron chi connectivity index (χ1n) is 7.53. The molecule has 1 aromatic heterocycles.